The van der Waals surface area contributed by atoms with Crippen molar-refractivity contribution < 1.29 is 98.6 Å². The third-order valence-corrected chi connectivity index (χ3v) is 1.95. The van der Waals surface area contributed by atoms with E-state index in [0.717, 1.165) is 6.08 Å². The number of aliphatic hydroxyl groups excluding tert-OH is 2. The van der Waals surface area contributed by atoms with Gasteiger partial charge in [0, 0.05) is 6.42 Å². The maximum Gasteiger partial charge on any atom is 1.00 e. The van der Waals surface area contributed by atoms with Crippen LogP contribution in [0.2, 0.25) is 0 Å². The standard InChI is InChI=1S/C10H18O6.C3H4O2.2Na/c1-8(10(13)14)6-9(7-12)16-5-4-15-3-2-11;1-2-3(4)5;;/h9,11-12H,1-7H2,(H,13,14);2H,1H2,(H,4,5);;/q;;2*+1/p-2. The van der Waals surface area contributed by atoms with Crippen molar-refractivity contribution in [1.82, 2.24) is 0 Å². The molecular weight excluding hydrogens is 330 g/mol. The second-order valence-corrected chi connectivity index (χ2v) is 3.63. The van der Waals surface area contributed by atoms with Gasteiger partial charge >= 0.3 is 59.1 Å². The summed E-state index contributed by atoms with van der Waals surface area (Å²) in [6.45, 7) is 6.52. The van der Waals surface area contributed by atoms with Crippen molar-refractivity contribution in [2.24, 2.45) is 0 Å². The first-order valence-corrected chi connectivity index (χ1v) is 6.02. The average molecular weight is 350 g/mol. The van der Waals surface area contributed by atoms with Crippen molar-refractivity contribution in [2.45, 2.75) is 12.5 Å². The number of carboxylic acids is 2. The molecule has 0 spiro atoms. The Bertz CT molecular complexity index is 336. The maximum atomic E-state index is 10.4. The van der Waals surface area contributed by atoms with E-state index in [-0.39, 0.29) is 104 Å². The first kappa shape index (κ1) is 31.1. The van der Waals surface area contributed by atoms with Gasteiger partial charge in [0.05, 0.1) is 51.1 Å². The Balaban J connectivity index is -0.000000225. The van der Waals surface area contributed by atoms with E-state index >= 15 is 0 Å². The maximum absolute atomic E-state index is 10.4. The van der Waals surface area contributed by atoms with Crippen LogP contribution in [0.4, 0.5) is 0 Å². The number of ether oxygens (including phenoxy) is 2. The molecule has 0 aromatic carbocycles. The zero-order valence-corrected chi connectivity index (χ0v) is 17.7. The predicted octanol–water partition coefficient (Wildman–Crippen LogP) is -9.00. The molecule has 0 saturated heterocycles. The molecule has 0 heterocycles. The summed E-state index contributed by atoms with van der Waals surface area (Å²) in [4.78, 5) is 19.5. The summed E-state index contributed by atoms with van der Waals surface area (Å²) in [5.41, 5.74) is -0.115. The van der Waals surface area contributed by atoms with Gasteiger partial charge in [0.2, 0.25) is 0 Å². The Morgan fingerprint density at radius 2 is 1.65 bits per heavy atom. The van der Waals surface area contributed by atoms with E-state index in [1.54, 1.807) is 0 Å². The molecular formula is C13H20Na2O8. The normalized spacial score (nSPS) is 10.0. The Hall–Kier alpha value is 0.260. The first-order chi connectivity index (χ1) is 9.88. The molecule has 0 aliphatic rings. The average Bonchev–Trinajstić information content (AvgIpc) is 2.45. The number of aliphatic hydroxyl groups is 2. The van der Waals surface area contributed by atoms with Crippen molar-refractivity contribution in [3.8, 4) is 0 Å². The van der Waals surface area contributed by atoms with Gasteiger partial charge in [-0.2, -0.15) is 0 Å². The Labute approximate surface area is 179 Å². The third-order valence-electron chi connectivity index (χ3n) is 1.95. The summed E-state index contributed by atoms with van der Waals surface area (Å²) < 4.78 is 10.1. The molecule has 0 radical (unpaired) electrons. The fraction of sp³-hybridized carbons (Fsp3) is 0.538. The summed E-state index contributed by atoms with van der Waals surface area (Å²) >= 11 is 0. The zero-order chi connectivity index (χ0) is 16.7. The molecule has 0 aliphatic heterocycles. The van der Waals surface area contributed by atoms with Gasteiger partial charge in [0.25, 0.3) is 0 Å². The van der Waals surface area contributed by atoms with Gasteiger partial charge in [0.1, 0.15) is 0 Å². The van der Waals surface area contributed by atoms with Crippen LogP contribution in [0.5, 0.6) is 0 Å². The van der Waals surface area contributed by atoms with Crippen LogP contribution in [-0.2, 0) is 19.1 Å². The first-order valence-electron chi connectivity index (χ1n) is 6.02. The third kappa shape index (κ3) is 24.6. The molecule has 0 fully saturated rings. The number of aliphatic carboxylic acids is 2. The van der Waals surface area contributed by atoms with Crippen LogP contribution in [-0.4, -0.2) is 61.3 Å². The smallest absolute Gasteiger partial charge is 0.545 e. The monoisotopic (exact) mass is 350 g/mol. The molecule has 10 heteroatoms. The van der Waals surface area contributed by atoms with Crippen molar-refractivity contribution >= 4 is 11.9 Å². The van der Waals surface area contributed by atoms with Crippen LogP contribution in [0.25, 0.3) is 0 Å². The van der Waals surface area contributed by atoms with Crippen LogP contribution in [0.15, 0.2) is 24.8 Å². The SMILES string of the molecule is C=C(CC(CO)OCCOCCO)C(=O)[O-].C=CC(=O)[O-].[Na+].[Na+]. The molecule has 0 bridgehead atoms. The summed E-state index contributed by atoms with van der Waals surface area (Å²) in [6, 6.07) is 0. The van der Waals surface area contributed by atoms with Crippen LogP contribution >= 0.6 is 0 Å². The second-order valence-electron chi connectivity index (χ2n) is 3.63. The summed E-state index contributed by atoms with van der Waals surface area (Å²) in [5.74, 6) is -2.58. The molecule has 122 valence electrons. The van der Waals surface area contributed by atoms with Gasteiger partial charge < -0.3 is 39.5 Å². The molecule has 0 rings (SSSR count). The van der Waals surface area contributed by atoms with Gasteiger partial charge in [-0.05, 0) is 11.6 Å². The van der Waals surface area contributed by atoms with Gasteiger partial charge in [-0.1, -0.05) is 13.2 Å². The second kappa shape index (κ2) is 22.3. The summed E-state index contributed by atoms with van der Waals surface area (Å²) in [5, 5.41) is 36.8. The van der Waals surface area contributed by atoms with Crippen LogP contribution < -0.4 is 69.3 Å². The zero-order valence-electron chi connectivity index (χ0n) is 13.7. The predicted molar refractivity (Wildman–Crippen MR) is 68.7 cm³/mol. The minimum absolute atomic E-state index is 0. The molecule has 1 atom stereocenters. The van der Waals surface area contributed by atoms with E-state index in [1.165, 1.54) is 0 Å². The van der Waals surface area contributed by atoms with Crippen LogP contribution in [0.1, 0.15) is 6.42 Å². The summed E-state index contributed by atoms with van der Waals surface area (Å²) in [7, 11) is 0. The van der Waals surface area contributed by atoms with E-state index in [9.17, 15) is 9.90 Å². The van der Waals surface area contributed by atoms with Gasteiger partial charge in [-0.3, -0.25) is 0 Å². The molecule has 0 saturated carbocycles. The Morgan fingerprint density at radius 1 is 1.13 bits per heavy atom. The fourth-order valence-electron chi connectivity index (χ4n) is 0.975. The van der Waals surface area contributed by atoms with E-state index in [0.29, 0.717) is 0 Å². The molecule has 1 unspecified atom stereocenters. The number of carbonyl (C=O) groups excluding carboxylic acids is 2. The summed E-state index contributed by atoms with van der Waals surface area (Å²) in [6.07, 6.45) is 0.113. The largest absolute Gasteiger partial charge is 1.00 e. The molecule has 2 N–H and O–H groups in total. The molecule has 0 aromatic rings. The number of hydrogen-bond donors (Lipinski definition) is 2. The number of rotatable bonds is 11. The number of hydrogen-bond acceptors (Lipinski definition) is 8. The Kier molecular flexibility index (Phi) is 30.1. The molecule has 8 nitrogen and oxygen atoms in total. The fourth-order valence-corrected chi connectivity index (χ4v) is 0.975. The van der Waals surface area contributed by atoms with Gasteiger partial charge in [-0.15, -0.1) is 0 Å². The minimum Gasteiger partial charge on any atom is -0.545 e. The quantitative estimate of drug-likeness (QED) is 0.213. The van der Waals surface area contributed by atoms with E-state index in [2.05, 4.69) is 13.2 Å². The van der Waals surface area contributed by atoms with Gasteiger partial charge in [0.15, 0.2) is 0 Å². The van der Waals surface area contributed by atoms with Crippen LogP contribution in [0.3, 0.4) is 0 Å². The number of carboxylic acid groups (broad SMARTS) is 2. The van der Waals surface area contributed by atoms with E-state index in [4.69, 9.17) is 29.6 Å². The van der Waals surface area contributed by atoms with E-state index < -0.39 is 18.0 Å². The molecule has 23 heavy (non-hydrogen) atoms. The van der Waals surface area contributed by atoms with Crippen LogP contribution in [0, 0.1) is 0 Å². The molecule has 0 aliphatic carbocycles. The van der Waals surface area contributed by atoms with Crippen molar-refractivity contribution in [3.63, 3.8) is 0 Å². The topological polar surface area (TPSA) is 139 Å². The molecule has 0 amide bonds. The van der Waals surface area contributed by atoms with Crippen molar-refractivity contribution in [1.29, 1.82) is 0 Å². The minimum atomic E-state index is -1.35. The van der Waals surface area contributed by atoms with Crippen molar-refractivity contribution in [3.05, 3.63) is 24.8 Å². The van der Waals surface area contributed by atoms with E-state index in [1.807, 2.05) is 0 Å². The Morgan fingerprint density at radius 3 is 2.00 bits per heavy atom. The van der Waals surface area contributed by atoms with Gasteiger partial charge in [-0.25, -0.2) is 0 Å². The molecule has 0 aromatic heterocycles. The van der Waals surface area contributed by atoms with Crippen molar-refractivity contribution in [2.75, 3.05) is 33.0 Å². The number of carbonyl (C=O) groups is 2.